The highest BCUT2D eigenvalue weighted by molar-refractivity contribution is 7.99. The normalized spacial score (nSPS) is 15.2. The first-order valence-electron chi connectivity index (χ1n) is 8.27. The van der Waals surface area contributed by atoms with Crippen molar-refractivity contribution in [2.75, 3.05) is 38.6 Å². The van der Waals surface area contributed by atoms with Gasteiger partial charge in [-0.2, -0.15) is 5.26 Å². The second-order valence-corrected chi connectivity index (χ2v) is 6.74. The molecule has 1 aromatic heterocycles. The number of nitriles is 1. The molecule has 0 bridgehead atoms. The van der Waals surface area contributed by atoms with Crippen molar-refractivity contribution in [1.29, 1.82) is 5.26 Å². The Morgan fingerprint density at radius 2 is 1.92 bits per heavy atom. The van der Waals surface area contributed by atoms with Gasteiger partial charge in [0.25, 0.3) is 0 Å². The third-order valence-corrected chi connectivity index (χ3v) is 4.98. The van der Waals surface area contributed by atoms with Crippen LogP contribution in [0.3, 0.4) is 0 Å². The van der Waals surface area contributed by atoms with Crippen molar-refractivity contribution in [2.24, 2.45) is 0 Å². The summed E-state index contributed by atoms with van der Waals surface area (Å²) in [6.07, 6.45) is 0.465. The fourth-order valence-electron chi connectivity index (χ4n) is 2.66. The number of ether oxygens (including phenoxy) is 1. The Morgan fingerprint density at radius 3 is 2.64 bits per heavy atom. The SMILES string of the molecule is N#CCCSc1nnc(-c2ccc(F)cc2)n1CCN1CCOCC1. The lowest BCUT2D eigenvalue weighted by Gasteiger charge is -2.27. The molecule has 0 radical (unpaired) electrons. The summed E-state index contributed by atoms with van der Waals surface area (Å²) in [6, 6.07) is 8.44. The maximum Gasteiger partial charge on any atom is 0.191 e. The summed E-state index contributed by atoms with van der Waals surface area (Å²) in [6.45, 7) is 4.99. The minimum absolute atomic E-state index is 0.272. The van der Waals surface area contributed by atoms with Crippen molar-refractivity contribution in [1.82, 2.24) is 19.7 Å². The van der Waals surface area contributed by atoms with Crippen molar-refractivity contribution < 1.29 is 9.13 Å². The molecule has 1 fully saturated rings. The van der Waals surface area contributed by atoms with Gasteiger partial charge in [0, 0.05) is 43.9 Å². The summed E-state index contributed by atoms with van der Waals surface area (Å²) in [5.41, 5.74) is 0.836. The maximum atomic E-state index is 13.2. The van der Waals surface area contributed by atoms with Crippen LogP contribution in [0.2, 0.25) is 0 Å². The first kappa shape index (κ1) is 17.9. The Bertz CT molecular complexity index is 722. The number of benzene rings is 1. The first-order chi connectivity index (χ1) is 12.3. The van der Waals surface area contributed by atoms with Gasteiger partial charge in [-0.3, -0.25) is 4.90 Å². The summed E-state index contributed by atoms with van der Waals surface area (Å²) in [5.74, 6) is 1.13. The molecular formula is C17H20FN5OS. The number of thioether (sulfide) groups is 1. The Morgan fingerprint density at radius 1 is 1.16 bits per heavy atom. The second kappa shape index (κ2) is 8.94. The molecule has 0 aliphatic carbocycles. The van der Waals surface area contributed by atoms with Crippen LogP contribution in [-0.2, 0) is 11.3 Å². The minimum atomic E-state index is -0.272. The summed E-state index contributed by atoms with van der Waals surface area (Å²) in [4.78, 5) is 2.35. The van der Waals surface area contributed by atoms with Crippen molar-refractivity contribution in [3.8, 4) is 17.5 Å². The number of hydrogen-bond acceptors (Lipinski definition) is 6. The van der Waals surface area contributed by atoms with E-state index in [9.17, 15) is 4.39 Å². The van der Waals surface area contributed by atoms with E-state index in [-0.39, 0.29) is 5.82 Å². The lowest BCUT2D eigenvalue weighted by atomic mass is 10.2. The van der Waals surface area contributed by atoms with Crippen LogP contribution in [0.25, 0.3) is 11.4 Å². The number of hydrogen-bond donors (Lipinski definition) is 0. The van der Waals surface area contributed by atoms with Crippen LogP contribution >= 0.6 is 11.8 Å². The van der Waals surface area contributed by atoms with Crippen LogP contribution in [0.1, 0.15) is 6.42 Å². The van der Waals surface area contributed by atoms with E-state index in [2.05, 4.69) is 25.7 Å². The van der Waals surface area contributed by atoms with Crippen molar-refractivity contribution >= 4 is 11.8 Å². The molecule has 1 saturated heterocycles. The van der Waals surface area contributed by atoms with Gasteiger partial charge in [0.1, 0.15) is 5.82 Å². The Balaban J connectivity index is 1.78. The lowest BCUT2D eigenvalue weighted by Crippen LogP contribution is -2.38. The molecule has 2 aromatic rings. The predicted octanol–water partition coefficient (Wildman–Crippen LogP) is 2.42. The molecule has 0 atom stereocenters. The van der Waals surface area contributed by atoms with Crippen molar-refractivity contribution in [3.63, 3.8) is 0 Å². The standard InChI is InChI=1S/C17H20FN5OS/c18-15-4-2-14(3-5-15)16-20-21-17(25-13-1-6-19)23(16)8-7-22-9-11-24-12-10-22/h2-5H,1,7-13H2. The van der Waals surface area contributed by atoms with Gasteiger partial charge in [0.2, 0.25) is 0 Å². The predicted molar refractivity (Wildman–Crippen MR) is 93.6 cm³/mol. The van der Waals surface area contributed by atoms with Gasteiger partial charge in [-0.1, -0.05) is 11.8 Å². The minimum Gasteiger partial charge on any atom is -0.379 e. The van der Waals surface area contributed by atoms with Gasteiger partial charge in [0.05, 0.1) is 19.3 Å². The van der Waals surface area contributed by atoms with Crippen molar-refractivity contribution in [2.45, 2.75) is 18.1 Å². The largest absolute Gasteiger partial charge is 0.379 e. The Labute approximate surface area is 150 Å². The molecule has 132 valence electrons. The van der Waals surface area contributed by atoms with E-state index >= 15 is 0 Å². The number of halogens is 1. The molecule has 3 rings (SSSR count). The van der Waals surface area contributed by atoms with Gasteiger partial charge in [-0.15, -0.1) is 10.2 Å². The molecular weight excluding hydrogens is 341 g/mol. The fraction of sp³-hybridized carbons (Fsp3) is 0.471. The Kier molecular flexibility index (Phi) is 6.39. The molecule has 8 heteroatoms. The molecule has 2 heterocycles. The Hall–Kier alpha value is -1.95. The highest BCUT2D eigenvalue weighted by Gasteiger charge is 2.17. The zero-order valence-corrected chi connectivity index (χ0v) is 14.7. The lowest BCUT2D eigenvalue weighted by molar-refractivity contribution is 0.0361. The van der Waals surface area contributed by atoms with Gasteiger partial charge < -0.3 is 9.30 Å². The van der Waals surface area contributed by atoms with E-state index in [1.807, 2.05) is 0 Å². The topological polar surface area (TPSA) is 67.0 Å². The van der Waals surface area contributed by atoms with Crippen LogP contribution < -0.4 is 0 Å². The van der Waals surface area contributed by atoms with Crippen molar-refractivity contribution in [3.05, 3.63) is 30.1 Å². The molecule has 1 aliphatic heterocycles. The molecule has 1 aliphatic rings. The zero-order valence-electron chi connectivity index (χ0n) is 13.9. The summed E-state index contributed by atoms with van der Waals surface area (Å²) in [7, 11) is 0. The average molecular weight is 361 g/mol. The number of morpholine rings is 1. The molecule has 0 saturated carbocycles. The first-order valence-corrected chi connectivity index (χ1v) is 9.25. The molecule has 0 amide bonds. The maximum absolute atomic E-state index is 13.2. The van der Waals surface area contributed by atoms with E-state index in [1.165, 1.54) is 23.9 Å². The van der Waals surface area contributed by atoms with E-state index in [0.29, 0.717) is 12.2 Å². The summed E-state index contributed by atoms with van der Waals surface area (Å²) < 4.78 is 20.7. The monoisotopic (exact) mass is 361 g/mol. The molecule has 0 spiro atoms. The van der Waals surface area contributed by atoms with E-state index in [0.717, 1.165) is 55.9 Å². The number of nitrogens with zero attached hydrogens (tertiary/aromatic N) is 5. The van der Waals surface area contributed by atoms with E-state index in [1.54, 1.807) is 12.1 Å². The zero-order chi connectivity index (χ0) is 17.5. The van der Waals surface area contributed by atoms with Crippen LogP contribution in [0.5, 0.6) is 0 Å². The average Bonchev–Trinajstić information content (AvgIpc) is 3.04. The van der Waals surface area contributed by atoms with Gasteiger partial charge in [-0.05, 0) is 24.3 Å². The number of aromatic nitrogens is 3. The molecule has 25 heavy (non-hydrogen) atoms. The highest BCUT2D eigenvalue weighted by atomic mass is 32.2. The van der Waals surface area contributed by atoms with E-state index in [4.69, 9.17) is 10.00 Å². The summed E-state index contributed by atoms with van der Waals surface area (Å²) in [5, 5.41) is 18.1. The molecule has 6 nitrogen and oxygen atoms in total. The smallest absolute Gasteiger partial charge is 0.191 e. The third kappa shape index (κ3) is 4.78. The van der Waals surface area contributed by atoms with Gasteiger partial charge in [0.15, 0.2) is 11.0 Å². The molecule has 0 unspecified atom stereocenters. The highest BCUT2D eigenvalue weighted by Crippen LogP contribution is 2.24. The number of rotatable bonds is 7. The van der Waals surface area contributed by atoms with E-state index < -0.39 is 0 Å². The summed E-state index contributed by atoms with van der Waals surface area (Å²) >= 11 is 1.53. The second-order valence-electron chi connectivity index (χ2n) is 5.68. The van der Waals surface area contributed by atoms with Gasteiger partial charge in [-0.25, -0.2) is 4.39 Å². The van der Waals surface area contributed by atoms with Crippen LogP contribution in [-0.4, -0.2) is 58.3 Å². The fourth-order valence-corrected chi connectivity index (χ4v) is 3.47. The quantitative estimate of drug-likeness (QED) is 0.557. The van der Waals surface area contributed by atoms with Crippen LogP contribution in [0.4, 0.5) is 4.39 Å². The third-order valence-electron chi connectivity index (χ3n) is 4.01. The molecule has 0 N–H and O–H groups in total. The molecule has 1 aromatic carbocycles. The van der Waals surface area contributed by atoms with Crippen LogP contribution in [0.15, 0.2) is 29.4 Å². The van der Waals surface area contributed by atoms with Crippen LogP contribution in [0, 0.1) is 17.1 Å². The van der Waals surface area contributed by atoms with Gasteiger partial charge >= 0.3 is 0 Å².